The highest BCUT2D eigenvalue weighted by molar-refractivity contribution is 6.07. The van der Waals surface area contributed by atoms with Crippen LogP contribution in [0.1, 0.15) is 23.5 Å². The van der Waals surface area contributed by atoms with Crippen molar-refractivity contribution >= 4 is 17.5 Å². The number of hydrogen-bond donors (Lipinski definition) is 2. The first-order valence-electron chi connectivity index (χ1n) is 8.36. The first-order valence-corrected chi connectivity index (χ1v) is 8.36. The zero-order valence-corrected chi connectivity index (χ0v) is 14.3. The quantitative estimate of drug-likeness (QED) is 0.610. The van der Waals surface area contributed by atoms with Crippen molar-refractivity contribution < 1.29 is 31.5 Å². The SMILES string of the molecule is O=C1NC[C@H](c2ccc(C(F)(F)F)cc2)CC1C(=O)Nc1cccc(F)c1F. The zero-order chi connectivity index (χ0) is 20.5. The van der Waals surface area contributed by atoms with E-state index in [1.54, 1.807) is 0 Å². The third-order valence-electron chi connectivity index (χ3n) is 4.59. The fourth-order valence-corrected chi connectivity index (χ4v) is 3.07. The Morgan fingerprint density at radius 3 is 2.39 bits per heavy atom. The van der Waals surface area contributed by atoms with Crippen LogP contribution in [0.15, 0.2) is 42.5 Å². The molecular formula is C19H15F5N2O2. The molecule has 0 aromatic heterocycles. The lowest BCUT2D eigenvalue weighted by atomic mass is 9.84. The minimum atomic E-state index is -4.46. The molecule has 2 aromatic carbocycles. The summed E-state index contributed by atoms with van der Waals surface area (Å²) >= 11 is 0. The van der Waals surface area contributed by atoms with E-state index in [0.717, 1.165) is 24.3 Å². The van der Waals surface area contributed by atoms with Crippen molar-refractivity contribution in [3.8, 4) is 0 Å². The molecule has 1 heterocycles. The molecule has 3 rings (SSSR count). The van der Waals surface area contributed by atoms with E-state index < -0.39 is 52.7 Å². The predicted octanol–water partition coefficient (Wildman–Crippen LogP) is 3.84. The number of nitrogens with one attached hydrogen (secondary N) is 2. The first kappa shape index (κ1) is 19.8. The number of alkyl halides is 3. The Hall–Kier alpha value is -2.97. The molecule has 0 radical (unpaired) electrons. The van der Waals surface area contributed by atoms with Crippen LogP contribution in [0.25, 0.3) is 0 Å². The van der Waals surface area contributed by atoms with Crippen molar-refractivity contribution in [3.05, 3.63) is 65.2 Å². The second kappa shape index (κ2) is 7.57. The van der Waals surface area contributed by atoms with Crippen LogP contribution < -0.4 is 10.6 Å². The lowest BCUT2D eigenvalue weighted by Gasteiger charge is -2.29. The van der Waals surface area contributed by atoms with Crippen LogP contribution in [0, 0.1) is 17.6 Å². The van der Waals surface area contributed by atoms with Crippen LogP contribution in [0.5, 0.6) is 0 Å². The third-order valence-corrected chi connectivity index (χ3v) is 4.59. The molecule has 0 spiro atoms. The van der Waals surface area contributed by atoms with Crippen molar-refractivity contribution in [2.75, 3.05) is 11.9 Å². The molecule has 1 unspecified atom stereocenters. The van der Waals surface area contributed by atoms with Crippen LogP contribution in [-0.4, -0.2) is 18.4 Å². The number of rotatable bonds is 3. The Morgan fingerprint density at radius 2 is 1.75 bits per heavy atom. The third kappa shape index (κ3) is 4.13. The average molecular weight is 398 g/mol. The van der Waals surface area contributed by atoms with Gasteiger partial charge in [-0.05, 0) is 36.2 Å². The predicted molar refractivity (Wildman–Crippen MR) is 90.3 cm³/mol. The van der Waals surface area contributed by atoms with Gasteiger partial charge in [-0.25, -0.2) is 8.78 Å². The molecule has 2 amide bonds. The maximum atomic E-state index is 13.7. The van der Waals surface area contributed by atoms with Gasteiger partial charge >= 0.3 is 6.18 Å². The van der Waals surface area contributed by atoms with E-state index in [0.29, 0.717) is 5.56 Å². The zero-order valence-electron chi connectivity index (χ0n) is 14.3. The van der Waals surface area contributed by atoms with Gasteiger partial charge in [0.1, 0.15) is 5.92 Å². The summed E-state index contributed by atoms with van der Waals surface area (Å²) < 4.78 is 65.0. The van der Waals surface area contributed by atoms with Gasteiger partial charge in [-0.15, -0.1) is 0 Å². The van der Waals surface area contributed by atoms with Crippen LogP contribution in [-0.2, 0) is 15.8 Å². The highest BCUT2D eigenvalue weighted by Gasteiger charge is 2.36. The number of piperidine rings is 1. The normalized spacial score (nSPS) is 19.8. The Morgan fingerprint density at radius 1 is 1.07 bits per heavy atom. The van der Waals surface area contributed by atoms with Crippen LogP contribution in [0.2, 0.25) is 0 Å². The average Bonchev–Trinajstić information content (AvgIpc) is 2.65. The van der Waals surface area contributed by atoms with Gasteiger partial charge in [0.25, 0.3) is 0 Å². The van der Waals surface area contributed by atoms with Crippen molar-refractivity contribution in [1.29, 1.82) is 0 Å². The summed E-state index contributed by atoms with van der Waals surface area (Å²) in [7, 11) is 0. The molecule has 148 valence electrons. The maximum absolute atomic E-state index is 13.7. The van der Waals surface area contributed by atoms with E-state index in [4.69, 9.17) is 0 Å². The number of benzene rings is 2. The Labute approximate surface area is 156 Å². The number of hydrogen-bond acceptors (Lipinski definition) is 2. The molecule has 0 bridgehead atoms. The highest BCUT2D eigenvalue weighted by Crippen LogP contribution is 2.33. The maximum Gasteiger partial charge on any atom is 0.416 e. The number of carbonyl (C=O) groups is 2. The van der Waals surface area contributed by atoms with E-state index in [1.165, 1.54) is 18.2 Å². The van der Waals surface area contributed by atoms with Crippen LogP contribution in [0.4, 0.5) is 27.6 Å². The summed E-state index contributed by atoms with van der Waals surface area (Å²) in [6, 6.07) is 7.72. The molecule has 2 N–H and O–H groups in total. The second-order valence-corrected chi connectivity index (χ2v) is 6.44. The van der Waals surface area contributed by atoms with Gasteiger partial charge < -0.3 is 10.6 Å². The van der Waals surface area contributed by atoms with Crippen molar-refractivity contribution in [3.63, 3.8) is 0 Å². The van der Waals surface area contributed by atoms with E-state index in [9.17, 15) is 31.5 Å². The van der Waals surface area contributed by atoms with Crippen molar-refractivity contribution in [2.24, 2.45) is 5.92 Å². The fourth-order valence-electron chi connectivity index (χ4n) is 3.07. The van der Waals surface area contributed by atoms with Gasteiger partial charge in [-0.2, -0.15) is 13.2 Å². The summed E-state index contributed by atoms with van der Waals surface area (Å²) in [6.45, 7) is 0.155. The second-order valence-electron chi connectivity index (χ2n) is 6.44. The summed E-state index contributed by atoms with van der Waals surface area (Å²) in [5, 5.41) is 4.72. The van der Waals surface area contributed by atoms with Gasteiger partial charge in [0, 0.05) is 12.5 Å². The van der Waals surface area contributed by atoms with Crippen LogP contribution in [0.3, 0.4) is 0 Å². The first-order chi connectivity index (χ1) is 13.2. The van der Waals surface area contributed by atoms with E-state index in [2.05, 4.69) is 10.6 Å². The standard InChI is InChI=1S/C19H15F5N2O2/c20-14-2-1-3-15(16(14)21)26-18(28)13-8-11(9-25-17(13)27)10-4-6-12(7-5-10)19(22,23)24/h1-7,11,13H,8-9H2,(H,25,27)(H,26,28)/t11-,13?/m1/s1. The summed E-state index contributed by atoms with van der Waals surface area (Å²) in [6.07, 6.45) is -4.43. The smallest absolute Gasteiger partial charge is 0.355 e. The largest absolute Gasteiger partial charge is 0.416 e. The van der Waals surface area contributed by atoms with Gasteiger partial charge in [-0.1, -0.05) is 18.2 Å². The summed E-state index contributed by atoms with van der Waals surface area (Å²) in [5.74, 6) is -5.38. The summed E-state index contributed by atoms with van der Waals surface area (Å²) in [5.41, 5.74) is -0.663. The van der Waals surface area contributed by atoms with E-state index in [-0.39, 0.29) is 13.0 Å². The Bertz CT molecular complexity index is 896. The van der Waals surface area contributed by atoms with Crippen LogP contribution >= 0.6 is 0 Å². The molecule has 1 aliphatic heterocycles. The number of amides is 2. The molecule has 1 fully saturated rings. The number of carbonyl (C=O) groups excluding carboxylic acids is 2. The topological polar surface area (TPSA) is 58.2 Å². The Balaban J connectivity index is 1.74. The molecule has 2 aromatic rings. The number of halogens is 5. The monoisotopic (exact) mass is 398 g/mol. The fraction of sp³-hybridized carbons (Fsp3) is 0.263. The van der Waals surface area contributed by atoms with Gasteiger partial charge in [0.15, 0.2) is 11.6 Å². The summed E-state index contributed by atoms with van der Waals surface area (Å²) in [4.78, 5) is 24.4. The highest BCUT2D eigenvalue weighted by atomic mass is 19.4. The molecular weight excluding hydrogens is 383 g/mol. The van der Waals surface area contributed by atoms with Crippen molar-refractivity contribution in [2.45, 2.75) is 18.5 Å². The van der Waals surface area contributed by atoms with Crippen molar-refractivity contribution in [1.82, 2.24) is 5.32 Å². The molecule has 2 atom stereocenters. The lowest BCUT2D eigenvalue weighted by Crippen LogP contribution is -2.45. The van der Waals surface area contributed by atoms with Gasteiger partial charge in [-0.3, -0.25) is 9.59 Å². The van der Waals surface area contributed by atoms with E-state index >= 15 is 0 Å². The number of anilines is 1. The molecule has 0 saturated carbocycles. The van der Waals surface area contributed by atoms with Gasteiger partial charge in [0.2, 0.25) is 11.8 Å². The van der Waals surface area contributed by atoms with Gasteiger partial charge in [0.05, 0.1) is 11.3 Å². The minimum Gasteiger partial charge on any atom is -0.355 e. The molecule has 4 nitrogen and oxygen atoms in total. The lowest BCUT2D eigenvalue weighted by molar-refractivity contribution is -0.137. The Kier molecular flexibility index (Phi) is 5.35. The molecule has 9 heteroatoms. The minimum absolute atomic E-state index is 0.0277. The molecule has 0 aliphatic carbocycles. The van der Waals surface area contributed by atoms with E-state index in [1.807, 2.05) is 0 Å². The molecule has 28 heavy (non-hydrogen) atoms. The molecule has 1 saturated heterocycles. The molecule has 1 aliphatic rings.